The summed E-state index contributed by atoms with van der Waals surface area (Å²) in [5.74, 6) is 1.55. The van der Waals surface area contributed by atoms with Crippen LogP contribution in [0.4, 0.5) is 0 Å². The van der Waals surface area contributed by atoms with Crippen molar-refractivity contribution in [3.8, 4) is 0 Å². The summed E-state index contributed by atoms with van der Waals surface area (Å²) in [4.78, 5) is 9.42. The molecule has 2 saturated heterocycles. The van der Waals surface area contributed by atoms with Crippen molar-refractivity contribution >= 4 is 5.96 Å². The number of nitrogens with zero attached hydrogens (tertiary/aromatic N) is 3. The second-order valence-electron chi connectivity index (χ2n) is 8.80. The van der Waals surface area contributed by atoms with Crippen LogP contribution in [0.3, 0.4) is 0 Å². The summed E-state index contributed by atoms with van der Waals surface area (Å²) in [6, 6.07) is 19.4. The van der Waals surface area contributed by atoms with Crippen LogP contribution in [0.1, 0.15) is 36.0 Å². The Morgan fingerprint density at radius 1 is 0.968 bits per heavy atom. The van der Waals surface area contributed by atoms with Crippen molar-refractivity contribution in [2.24, 2.45) is 10.9 Å². The van der Waals surface area contributed by atoms with Gasteiger partial charge in [0.25, 0.3) is 0 Å². The maximum Gasteiger partial charge on any atom is 0.193 e. The molecule has 0 bridgehead atoms. The maximum absolute atomic E-state index is 5.96. The minimum atomic E-state index is 0.562. The van der Waals surface area contributed by atoms with Gasteiger partial charge in [-0.05, 0) is 49.0 Å². The molecule has 1 unspecified atom stereocenters. The molecule has 0 aromatic heterocycles. The molecule has 2 aromatic rings. The summed E-state index contributed by atoms with van der Waals surface area (Å²) in [7, 11) is 1.88. The van der Waals surface area contributed by atoms with Gasteiger partial charge in [-0.25, -0.2) is 0 Å². The fraction of sp³-hybridized carbons (Fsp3) is 0.500. The van der Waals surface area contributed by atoms with Crippen LogP contribution in [0, 0.1) is 5.92 Å². The van der Waals surface area contributed by atoms with E-state index in [0.29, 0.717) is 12.5 Å². The number of likely N-dealkylation sites (tertiary alicyclic amines) is 2. The molecule has 0 spiro atoms. The van der Waals surface area contributed by atoms with Crippen LogP contribution in [0.15, 0.2) is 59.6 Å². The largest absolute Gasteiger partial charge is 0.376 e. The zero-order chi connectivity index (χ0) is 21.3. The zero-order valence-corrected chi connectivity index (χ0v) is 18.8. The normalized spacial score (nSPS) is 19.8. The molecule has 1 N–H and O–H groups in total. The number of nitrogens with one attached hydrogen (secondary N) is 1. The average molecular weight is 421 g/mol. The molecule has 2 aliphatic rings. The molecular formula is C26H36N4O. The number of hydrogen-bond acceptors (Lipinski definition) is 3. The molecule has 2 heterocycles. The molecule has 4 rings (SSSR count). The third-order valence-corrected chi connectivity index (χ3v) is 6.34. The van der Waals surface area contributed by atoms with Gasteiger partial charge in [0.2, 0.25) is 0 Å². The number of ether oxygens (including phenoxy) is 1. The quantitative estimate of drug-likeness (QED) is 0.519. The van der Waals surface area contributed by atoms with E-state index in [1.807, 2.05) is 13.1 Å². The van der Waals surface area contributed by atoms with E-state index < -0.39 is 0 Å². The van der Waals surface area contributed by atoms with E-state index in [1.165, 1.54) is 42.6 Å². The highest BCUT2D eigenvalue weighted by atomic mass is 16.5. The van der Waals surface area contributed by atoms with Gasteiger partial charge in [0.05, 0.1) is 13.2 Å². The molecule has 31 heavy (non-hydrogen) atoms. The monoisotopic (exact) mass is 420 g/mol. The van der Waals surface area contributed by atoms with Crippen molar-refractivity contribution in [2.75, 3.05) is 39.8 Å². The maximum atomic E-state index is 5.96. The van der Waals surface area contributed by atoms with Crippen molar-refractivity contribution in [3.05, 3.63) is 71.3 Å². The first-order valence-corrected chi connectivity index (χ1v) is 11.7. The fourth-order valence-corrected chi connectivity index (χ4v) is 4.55. The predicted octanol–water partition coefficient (Wildman–Crippen LogP) is 3.90. The third kappa shape index (κ3) is 6.55. The smallest absolute Gasteiger partial charge is 0.193 e. The molecule has 2 aliphatic heterocycles. The minimum absolute atomic E-state index is 0.562. The lowest BCUT2D eigenvalue weighted by atomic mass is 10.1. The molecule has 166 valence electrons. The van der Waals surface area contributed by atoms with Crippen molar-refractivity contribution < 1.29 is 4.74 Å². The van der Waals surface area contributed by atoms with Crippen LogP contribution in [-0.2, 0) is 24.4 Å². The van der Waals surface area contributed by atoms with Gasteiger partial charge in [0.1, 0.15) is 0 Å². The van der Waals surface area contributed by atoms with Gasteiger partial charge >= 0.3 is 0 Å². The Balaban J connectivity index is 1.18. The highest BCUT2D eigenvalue weighted by molar-refractivity contribution is 5.80. The first-order chi connectivity index (χ1) is 15.3. The van der Waals surface area contributed by atoms with Crippen LogP contribution in [0.25, 0.3) is 0 Å². The molecule has 0 aliphatic carbocycles. The third-order valence-electron chi connectivity index (χ3n) is 6.34. The molecule has 5 heteroatoms. The van der Waals surface area contributed by atoms with E-state index >= 15 is 0 Å². The highest BCUT2D eigenvalue weighted by Crippen LogP contribution is 2.18. The molecule has 0 saturated carbocycles. The van der Waals surface area contributed by atoms with Crippen LogP contribution in [0.2, 0.25) is 0 Å². The minimum Gasteiger partial charge on any atom is -0.376 e. The van der Waals surface area contributed by atoms with Crippen LogP contribution in [-0.4, -0.2) is 55.6 Å². The van der Waals surface area contributed by atoms with Crippen molar-refractivity contribution in [1.82, 2.24) is 15.1 Å². The number of rotatable bonds is 8. The molecular weight excluding hydrogens is 384 g/mol. The summed E-state index contributed by atoms with van der Waals surface area (Å²) in [5.41, 5.74) is 3.95. The summed E-state index contributed by atoms with van der Waals surface area (Å²) in [5, 5.41) is 3.55. The standard InChI is InChI=1S/C26H36N4O/c1-27-26(28-17-22-9-11-23(12-10-22)18-29-14-5-6-15-29)30-16-13-25(19-30)21-31-20-24-7-3-2-4-8-24/h2-4,7-12,25H,5-6,13-21H2,1H3,(H,27,28). The fourth-order valence-electron chi connectivity index (χ4n) is 4.55. The Labute approximate surface area is 187 Å². The molecule has 0 amide bonds. The van der Waals surface area contributed by atoms with E-state index in [1.54, 1.807) is 0 Å². The predicted molar refractivity (Wildman–Crippen MR) is 127 cm³/mol. The zero-order valence-electron chi connectivity index (χ0n) is 18.8. The summed E-state index contributed by atoms with van der Waals surface area (Å²) >= 11 is 0. The summed E-state index contributed by atoms with van der Waals surface area (Å²) in [6.07, 6.45) is 3.84. The molecule has 2 fully saturated rings. The first-order valence-electron chi connectivity index (χ1n) is 11.7. The Hall–Kier alpha value is -2.37. The number of hydrogen-bond donors (Lipinski definition) is 1. The van der Waals surface area contributed by atoms with E-state index in [2.05, 4.69) is 68.6 Å². The Kier molecular flexibility index (Phi) is 7.97. The molecule has 5 nitrogen and oxygen atoms in total. The van der Waals surface area contributed by atoms with E-state index in [0.717, 1.165) is 45.2 Å². The average Bonchev–Trinajstić information content (AvgIpc) is 3.49. The van der Waals surface area contributed by atoms with E-state index in [-0.39, 0.29) is 0 Å². The Bertz CT molecular complexity index is 815. The van der Waals surface area contributed by atoms with E-state index in [4.69, 9.17) is 4.74 Å². The molecule has 0 radical (unpaired) electrons. The second kappa shape index (κ2) is 11.3. The Morgan fingerprint density at radius 3 is 2.45 bits per heavy atom. The van der Waals surface area contributed by atoms with Gasteiger partial charge in [-0.2, -0.15) is 0 Å². The van der Waals surface area contributed by atoms with Crippen LogP contribution in [0.5, 0.6) is 0 Å². The summed E-state index contributed by atoms with van der Waals surface area (Å²) in [6.45, 7) is 7.91. The number of benzene rings is 2. The van der Waals surface area contributed by atoms with Gasteiger partial charge in [0.15, 0.2) is 5.96 Å². The topological polar surface area (TPSA) is 40.1 Å². The molecule has 2 aromatic carbocycles. The molecule has 1 atom stereocenters. The van der Waals surface area contributed by atoms with Crippen molar-refractivity contribution in [1.29, 1.82) is 0 Å². The lowest BCUT2D eigenvalue weighted by molar-refractivity contribution is 0.0906. The number of aliphatic imine (C=N–C) groups is 1. The van der Waals surface area contributed by atoms with Crippen LogP contribution < -0.4 is 5.32 Å². The first kappa shape index (κ1) is 21.8. The lowest BCUT2D eigenvalue weighted by Crippen LogP contribution is -2.39. The van der Waals surface area contributed by atoms with Gasteiger partial charge in [-0.1, -0.05) is 54.6 Å². The van der Waals surface area contributed by atoms with Crippen LogP contribution >= 0.6 is 0 Å². The van der Waals surface area contributed by atoms with Gasteiger partial charge < -0.3 is 15.0 Å². The Morgan fingerprint density at radius 2 is 1.71 bits per heavy atom. The van der Waals surface area contributed by atoms with Gasteiger partial charge in [0, 0.05) is 39.1 Å². The van der Waals surface area contributed by atoms with Crippen molar-refractivity contribution in [3.63, 3.8) is 0 Å². The highest BCUT2D eigenvalue weighted by Gasteiger charge is 2.25. The second-order valence-corrected chi connectivity index (χ2v) is 8.80. The van der Waals surface area contributed by atoms with Gasteiger partial charge in [-0.3, -0.25) is 9.89 Å². The van der Waals surface area contributed by atoms with Crippen molar-refractivity contribution in [2.45, 2.75) is 39.0 Å². The number of guanidine groups is 1. The van der Waals surface area contributed by atoms with Gasteiger partial charge in [-0.15, -0.1) is 0 Å². The van der Waals surface area contributed by atoms with E-state index in [9.17, 15) is 0 Å². The lowest BCUT2D eigenvalue weighted by Gasteiger charge is -2.22. The summed E-state index contributed by atoms with van der Waals surface area (Å²) < 4.78 is 5.96. The SMILES string of the molecule is CN=C(NCc1ccc(CN2CCCC2)cc1)N1CCC(COCc2ccccc2)C1.